The average molecular weight is 303 g/mol. The summed E-state index contributed by atoms with van der Waals surface area (Å²) in [5.74, 6) is -1.10. The van der Waals surface area contributed by atoms with Crippen LogP contribution in [0.4, 0.5) is 17.6 Å². The number of nitrogens with two attached hydrogens (primary N) is 1. The van der Waals surface area contributed by atoms with Gasteiger partial charge in [0, 0.05) is 0 Å². The molecule has 1 aromatic rings. The quantitative estimate of drug-likeness (QED) is 0.786. The second-order valence-electron chi connectivity index (χ2n) is 6.75. The van der Waals surface area contributed by atoms with E-state index in [9.17, 15) is 17.6 Å². The molecule has 21 heavy (non-hydrogen) atoms. The monoisotopic (exact) mass is 303 g/mol. The molecule has 2 unspecified atom stereocenters. The van der Waals surface area contributed by atoms with E-state index in [0.717, 1.165) is 31.4 Å². The van der Waals surface area contributed by atoms with E-state index in [2.05, 4.69) is 13.8 Å². The zero-order valence-electron chi connectivity index (χ0n) is 12.3. The van der Waals surface area contributed by atoms with Gasteiger partial charge < -0.3 is 5.73 Å². The molecule has 118 valence electrons. The smallest absolute Gasteiger partial charge is 0.330 e. The van der Waals surface area contributed by atoms with Crippen molar-refractivity contribution in [3.05, 3.63) is 35.1 Å². The third-order valence-electron chi connectivity index (χ3n) is 4.56. The first kappa shape index (κ1) is 16.3. The van der Waals surface area contributed by atoms with E-state index in [1.807, 2.05) is 0 Å². The largest absolute Gasteiger partial charge is 0.419 e. The van der Waals surface area contributed by atoms with Gasteiger partial charge in [-0.25, -0.2) is 4.39 Å². The van der Waals surface area contributed by atoms with Crippen molar-refractivity contribution in [2.24, 2.45) is 17.1 Å². The molecule has 0 aromatic heterocycles. The first-order valence-electron chi connectivity index (χ1n) is 7.21. The van der Waals surface area contributed by atoms with Crippen LogP contribution in [0.1, 0.15) is 50.2 Å². The highest BCUT2D eigenvalue weighted by Crippen LogP contribution is 2.47. The summed E-state index contributed by atoms with van der Waals surface area (Å²) < 4.78 is 52.0. The highest BCUT2D eigenvalue weighted by Gasteiger charge is 2.38. The summed E-state index contributed by atoms with van der Waals surface area (Å²) >= 11 is 0. The lowest BCUT2D eigenvalue weighted by atomic mass is 9.65. The lowest BCUT2D eigenvalue weighted by Crippen LogP contribution is -2.32. The Morgan fingerprint density at radius 2 is 1.95 bits per heavy atom. The number of hydrogen-bond donors (Lipinski definition) is 1. The maximum absolute atomic E-state index is 13.4. The Morgan fingerprint density at radius 1 is 1.29 bits per heavy atom. The minimum absolute atomic E-state index is 0.0413. The first-order valence-corrected chi connectivity index (χ1v) is 7.21. The Morgan fingerprint density at radius 3 is 2.52 bits per heavy atom. The Bertz CT molecular complexity index is 507. The highest BCUT2D eigenvalue weighted by molar-refractivity contribution is 5.31. The third-order valence-corrected chi connectivity index (χ3v) is 4.56. The van der Waals surface area contributed by atoms with E-state index in [0.29, 0.717) is 12.1 Å². The Balaban J connectivity index is 2.39. The second kappa shape index (κ2) is 5.59. The molecule has 2 rings (SSSR count). The molecule has 0 aliphatic heterocycles. The van der Waals surface area contributed by atoms with E-state index < -0.39 is 17.6 Å². The molecule has 1 aliphatic rings. The third kappa shape index (κ3) is 3.57. The summed E-state index contributed by atoms with van der Waals surface area (Å²) in [6.45, 7) is 4.67. The Labute approximate surface area is 122 Å². The van der Waals surface area contributed by atoms with E-state index in [1.54, 1.807) is 0 Å². The fraction of sp³-hybridized carbons (Fsp3) is 0.625. The number of rotatable bonds is 2. The molecule has 1 aliphatic carbocycles. The molecule has 0 bridgehead atoms. The summed E-state index contributed by atoms with van der Waals surface area (Å²) in [5.41, 5.74) is 5.22. The molecule has 1 aromatic carbocycles. The van der Waals surface area contributed by atoms with Crippen molar-refractivity contribution in [2.45, 2.75) is 45.2 Å². The summed E-state index contributed by atoms with van der Waals surface area (Å²) in [5, 5.41) is 0. The van der Waals surface area contributed by atoms with Crippen LogP contribution in [0.5, 0.6) is 0 Å². The van der Waals surface area contributed by atoms with Gasteiger partial charge in [-0.05, 0) is 60.8 Å². The standard InChI is InChI=1S/C16H21F4N/c1-15(2)6-5-11(9-21)12(8-15)10-3-4-14(17)13(7-10)16(18,19)20/h3-4,7,11-12H,5-6,8-9,21H2,1-2H3. The SMILES string of the molecule is CC1(C)CCC(CN)C(c2ccc(F)c(C(F)(F)F)c2)C1. The summed E-state index contributed by atoms with van der Waals surface area (Å²) in [7, 11) is 0. The number of hydrogen-bond acceptors (Lipinski definition) is 1. The lowest BCUT2D eigenvalue weighted by molar-refractivity contribution is -0.140. The van der Waals surface area contributed by atoms with Crippen LogP contribution >= 0.6 is 0 Å². The minimum Gasteiger partial charge on any atom is -0.330 e. The van der Waals surface area contributed by atoms with Crippen LogP contribution in [0.2, 0.25) is 0 Å². The van der Waals surface area contributed by atoms with Crippen LogP contribution in [-0.4, -0.2) is 6.54 Å². The van der Waals surface area contributed by atoms with Crippen LogP contribution in [0, 0.1) is 17.2 Å². The Kier molecular flexibility index (Phi) is 4.34. The predicted octanol–water partition coefficient (Wildman–Crippen LogP) is 4.71. The van der Waals surface area contributed by atoms with Gasteiger partial charge in [0.15, 0.2) is 0 Å². The maximum Gasteiger partial charge on any atom is 0.419 e. The minimum atomic E-state index is -4.66. The fourth-order valence-corrected chi connectivity index (χ4v) is 3.30. The van der Waals surface area contributed by atoms with E-state index >= 15 is 0 Å². The van der Waals surface area contributed by atoms with Crippen LogP contribution in [0.15, 0.2) is 18.2 Å². The zero-order chi connectivity index (χ0) is 15.8. The van der Waals surface area contributed by atoms with E-state index in [1.165, 1.54) is 6.07 Å². The van der Waals surface area contributed by atoms with Gasteiger partial charge in [0.25, 0.3) is 0 Å². The maximum atomic E-state index is 13.4. The molecule has 5 heteroatoms. The number of halogens is 4. The van der Waals surface area contributed by atoms with Crippen molar-refractivity contribution in [3.63, 3.8) is 0 Å². The van der Waals surface area contributed by atoms with Gasteiger partial charge in [-0.1, -0.05) is 19.9 Å². The van der Waals surface area contributed by atoms with Gasteiger partial charge in [0.2, 0.25) is 0 Å². The van der Waals surface area contributed by atoms with Crippen molar-refractivity contribution >= 4 is 0 Å². The van der Waals surface area contributed by atoms with Gasteiger partial charge >= 0.3 is 6.18 Å². The molecular weight excluding hydrogens is 282 g/mol. The summed E-state index contributed by atoms with van der Waals surface area (Å²) in [4.78, 5) is 0. The molecule has 0 radical (unpaired) electrons. The molecule has 0 heterocycles. The topological polar surface area (TPSA) is 26.0 Å². The van der Waals surface area contributed by atoms with Crippen molar-refractivity contribution in [1.29, 1.82) is 0 Å². The highest BCUT2D eigenvalue weighted by atomic mass is 19.4. The number of benzene rings is 1. The van der Waals surface area contributed by atoms with Crippen molar-refractivity contribution in [3.8, 4) is 0 Å². The molecule has 1 saturated carbocycles. The number of alkyl halides is 3. The van der Waals surface area contributed by atoms with Crippen LogP contribution in [-0.2, 0) is 6.18 Å². The van der Waals surface area contributed by atoms with Crippen LogP contribution < -0.4 is 5.73 Å². The summed E-state index contributed by atoms with van der Waals surface area (Å²) in [6.07, 6.45) is -1.98. The van der Waals surface area contributed by atoms with Gasteiger partial charge in [0.1, 0.15) is 5.82 Å². The molecule has 0 saturated heterocycles. The van der Waals surface area contributed by atoms with Crippen molar-refractivity contribution < 1.29 is 17.6 Å². The van der Waals surface area contributed by atoms with Crippen molar-refractivity contribution in [2.75, 3.05) is 6.54 Å². The summed E-state index contributed by atoms with van der Waals surface area (Å²) in [6, 6.07) is 3.36. The normalized spacial score (nSPS) is 25.9. The van der Waals surface area contributed by atoms with E-state index in [4.69, 9.17) is 5.73 Å². The second-order valence-corrected chi connectivity index (χ2v) is 6.75. The molecule has 0 spiro atoms. The van der Waals surface area contributed by atoms with Crippen LogP contribution in [0.3, 0.4) is 0 Å². The van der Waals surface area contributed by atoms with Crippen molar-refractivity contribution in [1.82, 2.24) is 0 Å². The Hall–Kier alpha value is -1.10. The molecule has 2 N–H and O–H groups in total. The van der Waals surface area contributed by atoms with Gasteiger partial charge in [-0.3, -0.25) is 0 Å². The molecule has 0 amide bonds. The van der Waals surface area contributed by atoms with Gasteiger partial charge in [0.05, 0.1) is 5.56 Å². The molecule has 1 nitrogen and oxygen atoms in total. The van der Waals surface area contributed by atoms with E-state index in [-0.39, 0.29) is 17.3 Å². The molecular formula is C16H21F4N. The van der Waals surface area contributed by atoms with Crippen LogP contribution in [0.25, 0.3) is 0 Å². The average Bonchev–Trinajstić information content (AvgIpc) is 2.37. The lowest BCUT2D eigenvalue weighted by Gasteiger charge is -2.41. The predicted molar refractivity (Wildman–Crippen MR) is 74.3 cm³/mol. The zero-order valence-corrected chi connectivity index (χ0v) is 12.3. The molecule has 1 fully saturated rings. The van der Waals surface area contributed by atoms with Gasteiger partial charge in [-0.15, -0.1) is 0 Å². The first-order chi connectivity index (χ1) is 9.64. The molecule has 2 atom stereocenters. The van der Waals surface area contributed by atoms with Gasteiger partial charge in [-0.2, -0.15) is 13.2 Å². The fourth-order valence-electron chi connectivity index (χ4n) is 3.30.